The molecule has 6 nitrogen and oxygen atoms in total. The van der Waals surface area contributed by atoms with Crippen molar-refractivity contribution in [3.05, 3.63) is 48.0 Å². The molecule has 0 saturated carbocycles. The van der Waals surface area contributed by atoms with Gasteiger partial charge in [-0.15, -0.1) is 0 Å². The molecule has 4 heterocycles. The van der Waals surface area contributed by atoms with E-state index in [1.54, 1.807) is 0 Å². The van der Waals surface area contributed by atoms with Gasteiger partial charge >= 0.3 is 0 Å². The lowest BCUT2D eigenvalue weighted by atomic mass is 9.84. The van der Waals surface area contributed by atoms with Gasteiger partial charge in [0.05, 0.1) is 5.56 Å². The average Bonchev–Trinajstić information content (AvgIpc) is 3.13. The monoisotopic (exact) mass is 362 g/mol. The number of amides is 1. The van der Waals surface area contributed by atoms with Gasteiger partial charge in [0.15, 0.2) is 5.58 Å². The third-order valence-corrected chi connectivity index (χ3v) is 5.79. The van der Waals surface area contributed by atoms with Crippen LogP contribution in [0.15, 0.2) is 46.9 Å². The normalized spacial score (nSPS) is 24.2. The van der Waals surface area contributed by atoms with Crippen molar-refractivity contribution in [2.75, 3.05) is 25.4 Å². The Balaban J connectivity index is 1.44. The second kappa shape index (κ2) is 6.39. The Morgan fingerprint density at radius 2 is 1.93 bits per heavy atom. The molecule has 2 aromatic carbocycles. The smallest absolute Gasteiger partial charge is 0.253 e. The van der Waals surface area contributed by atoms with Crippen LogP contribution in [0.4, 0.5) is 5.69 Å². The zero-order chi connectivity index (χ0) is 18.4. The second-order valence-electron chi connectivity index (χ2n) is 7.51. The van der Waals surface area contributed by atoms with Crippen LogP contribution in [0.1, 0.15) is 23.2 Å². The maximum absolute atomic E-state index is 13.0. The van der Waals surface area contributed by atoms with Gasteiger partial charge in [0, 0.05) is 23.8 Å². The van der Waals surface area contributed by atoms with Gasteiger partial charge in [-0.3, -0.25) is 4.79 Å². The van der Waals surface area contributed by atoms with Crippen LogP contribution in [0, 0.1) is 5.92 Å². The lowest BCUT2D eigenvalue weighted by Crippen LogP contribution is -2.57. The van der Waals surface area contributed by atoms with Gasteiger partial charge < -0.3 is 20.4 Å². The number of fused-ring (bicyclic) bond motifs is 4. The van der Waals surface area contributed by atoms with E-state index in [1.165, 1.54) is 12.8 Å². The van der Waals surface area contributed by atoms with Crippen molar-refractivity contribution >= 4 is 22.7 Å². The van der Waals surface area contributed by atoms with Gasteiger partial charge in [0.1, 0.15) is 5.52 Å². The molecule has 3 aliphatic heterocycles. The van der Waals surface area contributed by atoms with E-state index in [1.807, 2.05) is 42.5 Å². The maximum Gasteiger partial charge on any atom is 0.253 e. The van der Waals surface area contributed by atoms with E-state index in [-0.39, 0.29) is 11.9 Å². The van der Waals surface area contributed by atoms with E-state index < -0.39 is 0 Å². The van der Waals surface area contributed by atoms with E-state index in [2.05, 4.69) is 15.2 Å². The van der Waals surface area contributed by atoms with Crippen LogP contribution in [0.2, 0.25) is 0 Å². The number of benzene rings is 2. The van der Waals surface area contributed by atoms with Crippen LogP contribution in [0.25, 0.3) is 22.6 Å². The number of nitrogens with two attached hydrogens (primary N) is 1. The lowest BCUT2D eigenvalue weighted by Gasteiger charge is -2.44. The van der Waals surface area contributed by atoms with Crippen LogP contribution in [-0.2, 0) is 0 Å². The number of anilines is 1. The first-order valence-corrected chi connectivity index (χ1v) is 9.46. The summed E-state index contributed by atoms with van der Waals surface area (Å²) in [6.07, 6.45) is 2.33. The number of aromatic nitrogens is 1. The molecule has 0 radical (unpaired) electrons. The third kappa shape index (κ3) is 2.96. The van der Waals surface area contributed by atoms with Crippen molar-refractivity contribution in [2.24, 2.45) is 5.92 Å². The highest BCUT2D eigenvalue weighted by atomic mass is 16.3. The molecule has 3 fully saturated rings. The number of para-hydroxylation sites is 1. The summed E-state index contributed by atoms with van der Waals surface area (Å²) in [5.74, 6) is 1.00. The highest BCUT2D eigenvalue weighted by molar-refractivity contribution is 6.05. The Morgan fingerprint density at radius 3 is 2.63 bits per heavy atom. The minimum atomic E-state index is -0.0727. The van der Waals surface area contributed by atoms with Crippen molar-refractivity contribution in [3.8, 4) is 11.5 Å². The molecule has 2 bridgehead atoms. The molecule has 3 saturated heterocycles. The molecular weight excluding hydrogens is 340 g/mol. The van der Waals surface area contributed by atoms with Crippen molar-refractivity contribution < 1.29 is 9.21 Å². The zero-order valence-electron chi connectivity index (χ0n) is 15.0. The Labute approximate surface area is 157 Å². The van der Waals surface area contributed by atoms with Gasteiger partial charge in [-0.25, -0.2) is 4.98 Å². The molecule has 3 aromatic rings. The minimum absolute atomic E-state index is 0.0727. The molecule has 6 rings (SSSR count). The topological polar surface area (TPSA) is 84.4 Å². The fourth-order valence-corrected chi connectivity index (χ4v) is 4.26. The Bertz CT molecular complexity index is 987. The molecule has 1 unspecified atom stereocenters. The molecule has 1 atom stereocenters. The summed E-state index contributed by atoms with van der Waals surface area (Å²) < 4.78 is 5.88. The van der Waals surface area contributed by atoms with E-state index in [0.29, 0.717) is 34.2 Å². The number of piperidine rings is 3. The summed E-state index contributed by atoms with van der Waals surface area (Å²) in [6, 6.07) is 13.1. The van der Waals surface area contributed by atoms with Gasteiger partial charge in [0.25, 0.3) is 5.91 Å². The van der Waals surface area contributed by atoms with Crippen LogP contribution >= 0.6 is 0 Å². The van der Waals surface area contributed by atoms with E-state index in [0.717, 1.165) is 25.2 Å². The van der Waals surface area contributed by atoms with Crippen molar-refractivity contribution in [2.45, 2.75) is 18.9 Å². The SMILES string of the molecule is Nc1ccc(-c2nc3c(C(=O)NC4CN5CCC4CC5)cccc3o2)cc1. The second-order valence-corrected chi connectivity index (χ2v) is 7.51. The predicted molar refractivity (Wildman–Crippen MR) is 104 cm³/mol. The van der Waals surface area contributed by atoms with Crippen molar-refractivity contribution in [3.63, 3.8) is 0 Å². The fraction of sp³-hybridized carbons (Fsp3) is 0.333. The number of oxazole rings is 1. The highest BCUT2D eigenvalue weighted by Gasteiger charge is 2.35. The lowest BCUT2D eigenvalue weighted by molar-refractivity contribution is 0.0621. The summed E-state index contributed by atoms with van der Waals surface area (Å²) >= 11 is 0. The molecule has 3 aliphatic rings. The van der Waals surface area contributed by atoms with Crippen LogP contribution in [0.3, 0.4) is 0 Å². The number of hydrogen-bond donors (Lipinski definition) is 2. The number of nitrogen functional groups attached to an aromatic ring is 1. The quantitative estimate of drug-likeness (QED) is 0.700. The van der Waals surface area contributed by atoms with Gasteiger partial charge in [-0.1, -0.05) is 6.07 Å². The Morgan fingerprint density at radius 1 is 1.15 bits per heavy atom. The standard InChI is InChI=1S/C21H22N4O2/c22-15-6-4-14(5-7-15)21-24-19-16(2-1-3-18(19)27-21)20(26)23-17-12-25-10-8-13(17)9-11-25/h1-7,13,17H,8-12,22H2,(H,23,26). The summed E-state index contributed by atoms with van der Waals surface area (Å²) in [6.45, 7) is 3.25. The summed E-state index contributed by atoms with van der Waals surface area (Å²) in [5, 5.41) is 3.24. The van der Waals surface area contributed by atoms with E-state index >= 15 is 0 Å². The first kappa shape index (κ1) is 16.3. The van der Waals surface area contributed by atoms with E-state index in [4.69, 9.17) is 10.2 Å². The van der Waals surface area contributed by atoms with Crippen molar-refractivity contribution in [1.29, 1.82) is 0 Å². The average molecular weight is 362 g/mol. The molecule has 0 aliphatic carbocycles. The minimum Gasteiger partial charge on any atom is -0.436 e. The molecule has 0 spiro atoms. The highest BCUT2D eigenvalue weighted by Crippen LogP contribution is 2.29. The number of nitrogens with zero attached hydrogens (tertiary/aromatic N) is 2. The summed E-state index contributed by atoms with van der Waals surface area (Å²) in [4.78, 5) is 20.0. The van der Waals surface area contributed by atoms with Crippen molar-refractivity contribution in [1.82, 2.24) is 15.2 Å². The maximum atomic E-state index is 13.0. The molecule has 27 heavy (non-hydrogen) atoms. The Kier molecular flexibility index (Phi) is 3.86. The van der Waals surface area contributed by atoms with Gasteiger partial charge in [-0.05, 0) is 68.2 Å². The molecule has 1 aromatic heterocycles. The zero-order valence-corrected chi connectivity index (χ0v) is 15.0. The number of carbonyl (C=O) groups is 1. The molecular formula is C21H22N4O2. The number of carbonyl (C=O) groups excluding carboxylic acids is 1. The number of rotatable bonds is 3. The number of hydrogen-bond acceptors (Lipinski definition) is 5. The fourth-order valence-electron chi connectivity index (χ4n) is 4.26. The summed E-state index contributed by atoms with van der Waals surface area (Å²) in [5.41, 5.74) is 9.05. The molecule has 3 N–H and O–H groups in total. The predicted octanol–water partition coefficient (Wildman–Crippen LogP) is 2.90. The molecule has 138 valence electrons. The first-order valence-electron chi connectivity index (χ1n) is 9.46. The van der Waals surface area contributed by atoms with Crippen LogP contribution < -0.4 is 11.1 Å². The Hall–Kier alpha value is -2.86. The largest absolute Gasteiger partial charge is 0.436 e. The number of nitrogens with one attached hydrogen (secondary N) is 1. The van der Waals surface area contributed by atoms with Gasteiger partial charge in [0.2, 0.25) is 5.89 Å². The first-order chi connectivity index (χ1) is 13.2. The molecule has 6 heteroatoms. The summed E-state index contributed by atoms with van der Waals surface area (Å²) in [7, 11) is 0. The van der Waals surface area contributed by atoms with Crippen LogP contribution in [-0.4, -0.2) is 41.5 Å². The third-order valence-electron chi connectivity index (χ3n) is 5.79. The van der Waals surface area contributed by atoms with E-state index in [9.17, 15) is 4.79 Å². The van der Waals surface area contributed by atoms with Gasteiger partial charge in [-0.2, -0.15) is 0 Å². The van der Waals surface area contributed by atoms with Crippen LogP contribution in [0.5, 0.6) is 0 Å². The molecule has 1 amide bonds.